The van der Waals surface area contributed by atoms with E-state index in [0.717, 1.165) is 10.8 Å². The van der Waals surface area contributed by atoms with Gasteiger partial charge in [-0.15, -0.1) is 0 Å². The lowest BCUT2D eigenvalue weighted by molar-refractivity contribution is 0.572. The molecule has 0 fully saturated rings. The van der Waals surface area contributed by atoms with Gasteiger partial charge in [-0.05, 0) is 0 Å². The van der Waals surface area contributed by atoms with E-state index in [1.54, 1.807) is 12.5 Å². The fraction of sp³-hybridized carbons (Fsp3) is 0.200. The van der Waals surface area contributed by atoms with Crippen molar-refractivity contribution in [3.05, 3.63) is 36.8 Å². The van der Waals surface area contributed by atoms with Gasteiger partial charge in [-0.2, -0.15) is 0 Å². The van der Waals surface area contributed by atoms with Crippen molar-refractivity contribution in [2.75, 3.05) is 0 Å². The Bertz CT molecular complexity index is 279. The smallest absolute Gasteiger partial charge is 0.0981 e. The highest BCUT2D eigenvalue weighted by Crippen LogP contribution is 2.12. The van der Waals surface area contributed by atoms with Crippen LogP contribution in [0.5, 0.6) is 0 Å². The minimum atomic E-state index is 1.16. The summed E-state index contributed by atoms with van der Waals surface area (Å²) in [7, 11) is 0. The van der Waals surface area contributed by atoms with Gasteiger partial charge in [0, 0.05) is 10.8 Å². The number of fused-ring (bicyclic) bond motifs is 1. The van der Waals surface area contributed by atoms with Crippen LogP contribution in [0.2, 0.25) is 0 Å². The first-order valence-corrected chi connectivity index (χ1v) is 3.88. The zero-order chi connectivity index (χ0) is 8.10. The maximum atomic E-state index is 4.96. The van der Waals surface area contributed by atoms with Crippen molar-refractivity contribution < 1.29 is 4.42 Å². The minimum absolute atomic E-state index is 1.16. The monoisotopic (exact) mass is 148 g/mol. The summed E-state index contributed by atoms with van der Waals surface area (Å²) in [5.74, 6) is 0. The van der Waals surface area contributed by atoms with Crippen LogP contribution in [0.15, 0.2) is 41.2 Å². The highest BCUT2D eigenvalue weighted by Gasteiger charge is 1.89. The number of hydrogen-bond donors (Lipinski definition) is 0. The first kappa shape index (κ1) is 7.86. The molecule has 0 saturated carbocycles. The molecule has 1 aromatic heterocycles. The predicted molar refractivity (Wildman–Crippen MR) is 47.6 cm³/mol. The zero-order valence-corrected chi connectivity index (χ0v) is 6.87. The van der Waals surface area contributed by atoms with Gasteiger partial charge in [0.15, 0.2) is 0 Å². The third kappa shape index (κ3) is 1.61. The molecule has 0 N–H and O–H groups in total. The average Bonchev–Trinajstić information content (AvgIpc) is 2.55. The van der Waals surface area contributed by atoms with Crippen molar-refractivity contribution in [1.82, 2.24) is 0 Å². The van der Waals surface area contributed by atoms with Crippen LogP contribution in [0.4, 0.5) is 0 Å². The fourth-order valence-corrected chi connectivity index (χ4v) is 0.906. The van der Waals surface area contributed by atoms with E-state index in [0.29, 0.717) is 0 Å². The molecule has 0 saturated heterocycles. The largest absolute Gasteiger partial charge is 0.471 e. The van der Waals surface area contributed by atoms with Crippen LogP contribution in [-0.2, 0) is 0 Å². The first-order valence-electron chi connectivity index (χ1n) is 3.88. The first-order chi connectivity index (χ1) is 5.47. The molecule has 0 bridgehead atoms. The van der Waals surface area contributed by atoms with Crippen molar-refractivity contribution in [1.29, 1.82) is 0 Å². The molecule has 1 heterocycles. The molecular formula is C10H12O. The van der Waals surface area contributed by atoms with Crippen LogP contribution < -0.4 is 0 Å². The van der Waals surface area contributed by atoms with Gasteiger partial charge in [0.25, 0.3) is 0 Å². The van der Waals surface area contributed by atoms with E-state index in [-0.39, 0.29) is 0 Å². The second kappa shape index (κ2) is 3.81. The van der Waals surface area contributed by atoms with Gasteiger partial charge < -0.3 is 4.42 Å². The molecule has 0 aliphatic rings. The molecule has 0 aliphatic heterocycles. The maximum absolute atomic E-state index is 4.96. The highest BCUT2D eigenvalue weighted by molar-refractivity contribution is 5.80. The minimum Gasteiger partial charge on any atom is -0.471 e. The van der Waals surface area contributed by atoms with Crippen LogP contribution in [0.1, 0.15) is 13.8 Å². The Labute approximate surface area is 66.6 Å². The van der Waals surface area contributed by atoms with Crippen molar-refractivity contribution in [2.45, 2.75) is 13.8 Å². The van der Waals surface area contributed by atoms with Crippen molar-refractivity contribution in [3.63, 3.8) is 0 Å². The van der Waals surface area contributed by atoms with E-state index in [2.05, 4.69) is 0 Å². The Morgan fingerprint density at radius 2 is 1.36 bits per heavy atom. The quantitative estimate of drug-likeness (QED) is 0.557. The summed E-state index contributed by atoms with van der Waals surface area (Å²) in [6.07, 6.45) is 3.49. The summed E-state index contributed by atoms with van der Waals surface area (Å²) in [5.41, 5.74) is 0. The molecule has 2 aromatic rings. The average molecular weight is 148 g/mol. The third-order valence-corrected chi connectivity index (χ3v) is 1.39. The van der Waals surface area contributed by atoms with Gasteiger partial charge in [-0.25, -0.2) is 0 Å². The standard InChI is InChI=1S/C8H6O.C2H6/c1-2-4-8-6-9-5-7(8)3-1;1-2/h1-6H;1-2H3. The van der Waals surface area contributed by atoms with E-state index in [9.17, 15) is 0 Å². The van der Waals surface area contributed by atoms with Gasteiger partial charge in [0.2, 0.25) is 0 Å². The zero-order valence-electron chi connectivity index (χ0n) is 6.87. The van der Waals surface area contributed by atoms with E-state index >= 15 is 0 Å². The van der Waals surface area contributed by atoms with E-state index in [4.69, 9.17) is 4.42 Å². The molecular weight excluding hydrogens is 136 g/mol. The molecule has 11 heavy (non-hydrogen) atoms. The summed E-state index contributed by atoms with van der Waals surface area (Å²) >= 11 is 0. The highest BCUT2D eigenvalue weighted by atomic mass is 16.3. The Hall–Kier alpha value is -1.24. The van der Waals surface area contributed by atoms with E-state index < -0.39 is 0 Å². The lowest BCUT2D eigenvalue weighted by atomic mass is 10.2. The summed E-state index contributed by atoms with van der Waals surface area (Å²) in [4.78, 5) is 0. The Morgan fingerprint density at radius 3 is 1.82 bits per heavy atom. The maximum Gasteiger partial charge on any atom is 0.0981 e. The topological polar surface area (TPSA) is 13.1 Å². The molecule has 1 heteroatoms. The summed E-state index contributed by atoms with van der Waals surface area (Å²) in [6, 6.07) is 8.05. The second-order valence-electron chi connectivity index (χ2n) is 2.00. The Morgan fingerprint density at radius 1 is 0.909 bits per heavy atom. The Balaban J connectivity index is 0.000000281. The molecule has 0 radical (unpaired) electrons. The SMILES string of the molecule is CC.c1ccc2cocc2c1. The van der Waals surface area contributed by atoms with Crippen LogP contribution in [-0.4, -0.2) is 0 Å². The number of hydrogen-bond acceptors (Lipinski definition) is 1. The third-order valence-electron chi connectivity index (χ3n) is 1.39. The summed E-state index contributed by atoms with van der Waals surface area (Å²) < 4.78 is 4.96. The van der Waals surface area contributed by atoms with Crippen molar-refractivity contribution >= 4 is 10.8 Å². The molecule has 58 valence electrons. The molecule has 0 spiro atoms. The van der Waals surface area contributed by atoms with Crippen molar-refractivity contribution in [2.24, 2.45) is 0 Å². The van der Waals surface area contributed by atoms with Gasteiger partial charge in [-0.1, -0.05) is 38.1 Å². The van der Waals surface area contributed by atoms with Crippen LogP contribution in [0, 0.1) is 0 Å². The van der Waals surface area contributed by atoms with Gasteiger partial charge >= 0.3 is 0 Å². The summed E-state index contributed by atoms with van der Waals surface area (Å²) in [6.45, 7) is 4.00. The predicted octanol–water partition coefficient (Wildman–Crippen LogP) is 3.46. The lowest BCUT2D eigenvalue weighted by Crippen LogP contribution is -1.57. The van der Waals surface area contributed by atoms with Crippen LogP contribution in [0.3, 0.4) is 0 Å². The van der Waals surface area contributed by atoms with Crippen LogP contribution >= 0.6 is 0 Å². The molecule has 0 unspecified atom stereocenters. The molecule has 1 aromatic carbocycles. The van der Waals surface area contributed by atoms with Gasteiger partial charge in [0.05, 0.1) is 12.5 Å². The molecule has 0 amide bonds. The van der Waals surface area contributed by atoms with E-state index in [1.807, 2.05) is 38.1 Å². The second-order valence-corrected chi connectivity index (χ2v) is 2.00. The molecule has 1 nitrogen and oxygen atoms in total. The van der Waals surface area contributed by atoms with Crippen molar-refractivity contribution in [3.8, 4) is 0 Å². The number of rotatable bonds is 0. The van der Waals surface area contributed by atoms with Gasteiger partial charge in [-0.3, -0.25) is 0 Å². The summed E-state index contributed by atoms with van der Waals surface area (Å²) in [5, 5.41) is 2.33. The van der Waals surface area contributed by atoms with Gasteiger partial charge in [0.1, 0.15) is 0 Å². The molecule has 0 atom stereocenters. The fourth-order valence-electron chi connectivity index (χ4n) is 0.906. The number of benzene rings is 1. The molecule has 0 aliphatic carbocycles. The van der Waals surface area contributed by atoms with E-state index in [1.165, 1.54) is 0 Å². The molecule has 2 rings (SSSR count). The Kier molecular flexibility index (Phi) is 2.73. The normalized spacial score (nSPS) is 8.91. The number of furan rings is 1. The van der Waals surface area contributed by atoms with Crippen LogP contribution in [0.25, 0.3) is 10.8 Å². The lowest BCUT2D eigenvalue weighted by Gasteiger charge is -1.80.